The third-order valence-corrected chi connectivity index (χ3v) is 4.30. The van der Waals surface area contributed by atoms with Gasteiger partial charge >= 0.3 is 0 Å². The highest BCUT2D eigenvalue weighted by molar-refractivity contribution is 6.09. The van der Waals surface area contributed by atoms with E-state index in [1.807, 2.05) is 6.07 Å². The van der Waals surface area contributed by atoms with E-state index in [1.54, 1.807) is 43.3 Å². The van der Waals surface area contributed by atoms with Gasteiger partial charge in [0.2, 0.25) is 0 Å². The first-order valence-electron chi connectivity index (χ1n) is 9.31. The quantitative estimate of drug-likeness (QED) is 0.242. The Morgan fingerprint density at radius 2 is 2.06 bits per heavy atom. The Balaban J connectivity index is 1.77. The van der Waals surface area contributed by atoms with Gasteiger partial charge in [0.25, 0.3) is 11.6 Å². The molecule has 0 spiro atoms. The van der Waals surface area contributed by atoms with E-state index in [0.29, 0.717) is 28.4 Å². The van der Waals surface area contributed by atoms with Crippen molar-refractivity contribution in [3.05, 3.63) is 81.1 Å². The summed E-state index contributed by atoms with van der Waals surface area (Å²) in [5.74, 6) is 0.761. The fourth-order valence-electron chi connectivity index (χ4n) is 2.78. The fourth-order valence-corrected chi connectivity index (χ4v) is 2.78. The molecule has 2 aromatic carbocycles. The molecule has 0 aliphatic rings. The summed E-state index contributed by atoms with van der Waals surface area (Å²) in [6, 6.07) is 14.4. The van der Waals surface area contributed by atoms with E-state index >= 15 is 0 Å². The first-order chi connectivity index (χ1) is 15.4. The Hall–Kier alpha value is -4.65. The van der Waals surface area contributed by atoms with Crippen molar-refractivity contribution in [2.24, 2.45) is 0 Å². The minimum atomic E-state index is -0.642. The van der Waals surface area contributed by atoms with E-state index in [0.717, 1.165) is 0 Å². The first-order valence-corrected chi connectivity index (χ1v) is 9.31. The first kappa shape index (κ1) is 22.0. The predicted molar refractivity (Wildman–Crippen MR) is 114 cm³/mol. The summed E-state index contributed by atoms with van der Waals surface area (Å²) in [7, 11) is 1.44. The molecule has 162 valence electrons. The molecule has 1 heterocycles. The lowest BCUT2D eigenvalue weighted by molar-refractivity contribution is -0.385. The van der Waals surface area contributed by atoms with Crippen LogP contribution >= 0.6 is 0 Å². The van der Waals surface area contributed by atoms with Crippen LogP contribution in [0.5, 0.6) is 11.5 Å². The monoisotopic (exact) mass is 434 g/mol. The fraction of sp³-hybridized carbons (Fsp3) is 0.136. The van der Waals surface area contributed by atoms with Gasteiger partial charge in [-0.25, -0.2) is 0 Å². The summed E-state index contributed by atoms with van der Waals surface area (Å²) >= 11 is 0. The molecule has 0 saturated heterocycles. The number of nitrogens with one attached hydrogen (secondary N) is 1. The third-order valence-electron chi connectivity index (χ3n) is 4.30. The molecule has 1 N–H and O–H groups in total. The van der Waals surface area contributed by atoms with Crippen molar-refractivity contribution in [1.82, 2.24) is 5.16 Å². The molecule has 0 aliphatic carbocycles. The number of carbonyl (C=O) groups excluding carboxylic acids is 1. The van der Waals surface area contributed by atoms with E-state index in [-0.39, 0.29) is 23.7 Å². The zero-order valence-electron chi connectivity index (χ0n) is 17.2. The van der Waals surface area contributed by atoms with Gasteiger partial charge in [0.1, 0.15) is 24.0 Å². The number of hydrogen-bond acceptors (Lipinski definition) is 8. The second-order valence-corrected chi connectivity index (χ2v) is 6.53. The second kappa shape index (κ2) is 9.90. The Labute approximate surface area is 182 Å². The number of nitro benzene ring substituents is 1. The number of para-hydroxylation sites is 1. The van der Waals surface area contributed by atoms with E-state index in [2.05, 4.69) is 10.5 Å². The van der Waals surface area contributed by atoms with Crippen molar-refractivity contribution in [3.8, 4) is 17.6 Å². The number of rotatable bonds is 8. The lowest BCUT2D eigenvalue weighted by Gasteiger charge is -2.12. The van der Waals surface area contributed by atoms with Gasteiger partial charge in [0.15, 0.2) is 17.3 Å². The largest absolute Gasteiger partial charge is 0.493 e. The molecule has 32 heavy (non-hydrogen) atoms. The number of nitriles is 1. The molecule has 1 amide bonds. The number of nitro groups is 1. The summed E-state index contributed by atoms with van der Waals surface area (Å²) in [4.78, 5) is 23.0. The maximum Gasteiger partial charge on any atom is 0.276 e. The number of nitrogens with zero attached hydrogens (tertiary/aromatic N) is 3. The maximum atomic E-state index is 12.3. The minimum Gasteiger partial charge on any atom is -0.493 e. The van der Waals surface area contributed by atoms with Gasteiger partial charge < -0.3 is 19.3 Å². The van der Waals surface area contributed by atoms with Crippen molar-refractivity contribution in [2.75, 3.05) is 12.4 Å². The SMILES string of the molecule is COc1cc(/C=C(/C#N)C(=O)Nc2cc(C)on2)ccc1OCc1ccccc1[N+](=O)[O-]. The Bertz CT molecular complexity index is 1230. The molecule has 3 rings (SSSR count). The van der Waals surface area contributed by atoms with Crippen molar-refractivity contribution >= 4 is 23.5 Å². The van der Waals surface area contributed by atoms with Crippen LogP contribution in [0.15, 0.2) is 58.6 Å². The zero-order chi connectivity index (χ0) is 23.1. The Morgan fingerprint density at radius 1 is 1.28 bits per heavy atom. The maximum absolute atomic E-state index is 12.3. The Kier molecular flexibility index (Phi) is 6.82. The number of amides is 1. The lowest BCUT2D eigenvalue weighted by Crippen LogP contribution is -2.13. The van der Waals surface area contributed by atoms with Crippen LogP contribution in [0.3, 0.4) is 0 Å². The molecular formula is C22H18N4O6. The van der Waals surface area contributed by atoms with Gasteiger partial charge in [-0.1, -0.05) is 23.4 Å². The topological polar surface area (TPSA) is 141 Å². The molecule has 1 aromatic heterocycles. The number of aromatic nitrogens is 1. The van der Waals surface area contributed by atoms with Crippen LogP contribution in [0.25, 0.3) is 6.08 Å². The van der Waals surface area contributed by atoms with Crippen LogP contribution in [0.4, 0.5) is 11.5 Å². The van der Waals surface area contributed by atoms with E-state index in [4.69, 9.17) is 14.0 Å². The van der Waals surface area contributed by atoms with Gasteiger partial charge in [-0.3, -0.25) is 14.9 Å². The van der Waals surface area contributed by atoms with Crippen molar-refractivity contribution in [1.29, 1.82) is 5.26 Å². The minimum absolute atomic E-state index is 0.0360. The van der Waals surface area contributed by atoms with E-state index in [9.17, 15) is 20.2 Å². The van der Waals surface area contributed by atoms with Crippen LogP contribution in [-0.4, -0.2) is 23.1 Å². The molecule has 10 heteroatoms. The summed E-state index contributed by atoms with van der Waals surface area (Å²) in [5.41, 5.74) is 0.734. The van der Waals surface area contributed by atoms with E-state index < -0.39 is 10.8 Å². The summed E-state index contributed by atoms with van der Waals surface area (Å²) < 4.78 is 15.9. The molecule has 0 aliphatic heterocycles. The van der Waals surface area contributed by atoms with Crippen LogP contribution in [0.2, 0.25) is 0 Å². The van der Waals surface area contributed by atoms with Gasteiger partial charge in [0.05, 0.1) is 17.6 Å². The second-order valence-electron chi connectivity index (χ2n) is 6.53. The van der Waals surface area contributed by atoms with Crippen LogP contribution in [0, 0.1) is 28.4 Å². The molecule has 0 saturated carbocycles. The normalized spacial score (nSPS) is 10.8. The van der Waals surface area contributed by atoms with Crippen LogP contribution < -0.4 is 14.8 Å². The number of methoxy groups -OCH3 is 1. The van der Waals surface area contributed by atoms with Crippen molar-refractivity contribution in [3.63, 3.8) is 0 Å². The average molecular weight is 434 g/mol. The summed E-state index contributed by atoms with van der Waals surface area (Å²) in [5, 5.41) is 26.7. The smallest absolute Gasteiger partial charge is 0.276 e. The van der Waals surface area contributed by atoms with Crippen LogP contribution in [0.1, 0.15) is 16.9 Å². The molecule has 3 aromatic rings. The van der Waals surface area contributed by atoms with Gasteiger partial charge in [-0.05, 0) is 36.8 Å². The number of anilines is 1. The molecule has 0 radical (unpaired) electrons. The van der Waals surface area contributed by atoms with E-state index in [1.165, 1.54) is 25.3 Å². The zero-order valence-corrected chi connectivity index (χ0v) is 17.2. The summed E-state index contributed by atoms with van der Waals surface area (Å²) in [6.07, 6.45) is 1.39. The highest BCUT2D eigenvalue weighted by atomic mass is 16.6. The number of ether oxygens (including phenoxy) is 2. The molecule has 0 unspecified atom stereocenters. The highest BCUT2D eigenvalue weighted by Crippen LogP contribution is 2.30. The van der Waals surface area contributed by atoms with Gasteiger partial charge in [-0.2, -0.15) is 5.26 Å². The summed E-state index contributed by atoms with van der Waals surface area (Å²) in [6.45, 7) is 1.64. The third kappa shape index (κ3) is 5.28. The number of carbonyl (C=O) groups is 1. The van der Waals surface area contributed by atoms with Crippen molar-refractivity contribution < 1.29 is 23.7 Å². The van der Waals surface area contributed by atoms with Gasteiger partial charge in [-0.15, -0.1) is 0 Å². The Morgan fingerprint density at radius 3 is 2.72 bits per heavy atom. The van der Waals surface area contributed by atoms with Crippen molar-refractivity contribution in [2.45, 2.75) is 13.5 Å². The number of benzene rings is 2. The lowest BCUT2D eigenvalue weighted by atomic mass is 10.1. The molecule has 0 fully saturated rings. The van der Waals surface area contributed by atoms with Crippen LogP contribution in [-0.2, 0) is 11.4 Å². The molecular weight excluding hydrogens is 416 g/mol. The molecule has 10 nitrogen and oxygen atoms in total. The average Bonchev–Trinajstić information content (AvgIpc) is 3.20. The highest BCUT2D eigenvalue weighted by Gasteiger charge is 2.15. The van der Waals surface area contributed by atoms with Gasteiger partial charge in [0, 0.05) is 12.1 Å². The molecule has 0 atom stereocenters. The standard InChI is InChI=1S/C22H18N4O6/c1-14-9-21(25-32-14)24-22(27)17(12-23)10-15-7-8-19(20(11-15)30-2)31-13-16-5-3-4-6-18(16)26(28)29/h3-11H,13H2,1-2H3,(H,24,25,27)/b17-10-. The predicted octanol–water partition coefficient (Wildman–Crippen LogP) is 4.02. The number of hydrogen-bond donors (Lipinski definition) is 1. The number of aryl methyl sites for hydroxylation is 1. The molecule has 0 bridgehead atoms.